The van der Waals surface area contributed by atoms with Gasteiger partial charge < -0.3 is 19.2 Å². The Kier molecular flexibility index (Phi) is 5.54. The number of H-pyrrole nitrogens is 1. The molecule has 1 fully saturated rings. The van der Waals surface area contributed by atoms with E-state index < -0.39 is 0 Å². The second kappa shape index (κ2) is 8.11. The number of nitrogens with one attached hydrogen (secondary N) is 1. The number of rotatable bonds is 5. The minimum atomic E-state index is -0.293. The predicted octanol–water partition coefficient (Wildman–Crippen LogP) is 3.83. The fraction of sp³-hybridized carbons (Fsp3) is 0.522. The van der Waals surface area contributed by atoms with Crippen LogP contribution >= 0.6 is 0 Å². The van der Waals surface area contributed by atoms with Crippen LogP contribution in [0.2, 0.25) is 0 Å². The Bertz CT molecular complexity index is 932. The zero-order chi connectivity index (χ0) is 20.5. The summed E-state index contributed by atoms with van der Waals surface area (Å²) in [4.78, 5) is 18.7. The summed E-state index contributed by atoms with van der Waals surface area (Å²) in [5, 5.41) is 1.19. The normalized spacial score (nSPS) is 24.7. The van der Waals surface area contributed by atoms with Crippen LogP contribution in [0.25, 0.3) is 10.9 Å². The Hall–Kier alpha value is -2.47. The molecule has 0 bridgehead atoms. The molecular formula is C23H30N2O4. The molecule has 0 saturated carbocycles. The van der Waals surface area contributed by atoms with Crippen LogP contribution < -0.4 is 4.74 Å². The molecule has 4 rings (SSSR count). The van der Waals surface area contributed by atoms with Crippen molar-refractivity contribution in [3.8, 4) is 5.75 Å². The molecule has 0 radical (unpaired) electrons. The lowest BCUT2D eigenvalue weighted by molar-refractivity contribution is -0.137. The third-order valence-electron chi connectivity index (χ3n) is 6.67. The van der Waals surface area contributed by atoms with Crippen LogP contribution in [0, 0.1) is 11.8 Å². The maximum Gasteiger partial charge on any atom is 0.337 e. The van der Waals surface area contributed by atoms with Crippen molar-refractivity contribution in [3.63, 3.8) is 0 Å². The summed E-state index contributed by atoms with van der Waals surface area (Å²) in [5.74, 6) is 1.12. The Morgan fingerprint density at radius 3 is 2.83 bits per heavy atom. The first kappa shape index (κ1) is 19.8. The molecule has 6 heteroatoms. The maximum atomic E-state index is 12.5. The summed E-state index contributed by atoms with van der Waals surface area (Å²) in [7, 11) is 4.75. The first-order chi connectivity index (χ1) is 14.1. The monoisotopic (exact) mass is 398 g/mol. The van der Waals surface area contributed by atoms with Crippen LogP contribution in [0.1, 0.15) is 37.1 Å². The Morgan fingerprint density at radius 1 is 1.31 bits per heavy atom. The van der Waals surface area contributed by atoms with Gasteiger partial charge in [-0.15, -0.1) is 0 Å². The van der Waals surface area contributed by atoms with Crippen molar-refractivity contribution < 1.29 is 19.0 Å². The van der Waals surface area contributed by atoms with Crippen LogP contribution in [-0.2, 0) is 20.7 Å². The number of carbonyl (C=O) groups is 1. The first-order valence-electron chi connectivity index (χ1n) is 10.4. The van der Waals surface area contributed by atoms with Crippen molar-refractivity contribution in [1.29, 1.82) is 0 Å². The van der Waals surface area contributed by atoms with Crippen molar-refractivity contribution >= 4 is 16.9 Å². The quantitative estimate of drug-likeness (QED) is 0.471. The molecule has 2 aromatic rings. The van der Waals surface area contributed by atoms with Gasteiger partial charge in [0.1, 0.15) is 5.75 Å². The standard InChI is InChI=1S/C23H30N2O4/c1-5-14-12-25-10-9-15-21-18(7-6-8-20(21)28-3)24-22(15)19(25)11-16(14)17(13-27-2)23(26)29-4/h6-8,13-14,16,19,24H,5,9-12H2,1-4H3/b17-13-/t14-,16+,19?/m1/s1. The third-order valence-corrected chi connectivity index (χ3v) is 6.67. The van der Waals surface area contributed by atoms with Gasteiger partial charge in [0.15, 0.2) is 0 Å². The number of ether oxygens (including phenoxy) is 3. The highest BCUT2D eigenvalue weighted by molar-refractivity contribution is 5.91. The predicted molar refractivity (Wildman–Crippen MR) is 112 cm³/mol. The lowest BCUT2D eigenvalue weighted by Crippen LogP contribution is -2.47. The topological polar surface area (TPSA) is 63.8 Å². The molecule has 1 N–H and O–H groups in total. The van der Waals surface area contributed by atoms with Crippen molar-refractivity contribution in [3.05, 3.63) is 41.3 Å². The lowest BCUT2D eigenvalue weighted by Gasteiger charge is -2.46. The van der Waals surface area contributed by atoms with E-state index in [1.165, 1.54) is 23.8 Å². The summed E-state index contributed by atoms with van der Waals surface area (Å²) in [6.07, 6.45) is 4.46. The molecule has 2 aliphatic rings. The number of piperidine rings is 1. The molecule has 3 heterocycles. The van der Waals surface area contributed by atoms with Crippen molar-refractivity contribution in [2.45, 2.75) is 32.2 Å². The second-order valence-corrected chi connectivity index (χ2v) is 7.97. The molecule has 1 saturated heterocycles. The molecule has 1 aromatic carbocycles. The number of nitrogens with zero attached hydrogens (tertiary/aromatic N) is 1. The van der Waals surface area contributed by atoms with Gasteiger partial charge in [-0.25, -0.2) is 4.79 Å². The molecule has 1 unspecified atom stereocenters. The molecule has 2 aliphatic heterocycles. The summed E-state index contributed by atoms with van der Waals surface area (Å²) in [5.41, 5.74) is 4.37. The van der Waals surface area contributed by atoms with Crippen LogP contribution in [0.4, 0.5) is 0 Å². The van der Waals surface area contributed by atoms with E-state index in [9.17, 15) is 4.79 Å². The van der Waals surface area contributed by atoms with Gasteiger partial charge in [-0.2, -0.15) is 0 Å². The average molecular weight is 399 g/mol. The van der Waals surface area contributed by atoms with Gasteiger partial charge >= 0.3 is 5.97 Å². The molecule has 156 valence electrons. The van der Waals surface area contributed by atoms with E-state index in [0.29, 0.717) is 11.5 Å². The van der Waals surface area contributed by atoms with Gasteiger partial charge in [0.25, 0.3) is 0 Å². The number of carbonyl (C=O) groups excluding carboxylic acids is 1. The van der Waals surface area contributed by atoms with Gasteiger partial charge in [-0.3, -0.25) is 4.90 Å². The number of benzene rings is 1. The molecule has 1 aromatic heterocycles. The number of hydrogen-bond donors (Lipinski definition) is 1. The van der Waals surface area contributed by atoms with E-state index in [2.05, 4.69) is 22.9 Å². The minimum absolute atomic E-state index is 0.105. The molecule has 0 spiro atoms. The van der Waals surface area contributed by atoms with E-state index in [0.717, 1.165) is 43.6 Å². The maximum absolute atomic E-state index is 12.5. The molecule has 3 atom stereocenters. The molecule has 0 aliphatic carbocycles. The number of esters is 1. The number of fused-ring (bicyclic) bond motifs is 5. The number of aromatic nitrogens is 1. The van der Waals surface area contributed by atoms with Crippen LogP contribution in [0.3, 0.4) is 0 Å². The molecule has 29 heavy (non-hydrogen) atoms. The third kappa shape index (κ3) is 3.29. The number of methoxy groups -OCH3 is 3. The zero-order valence-electron chi connectivity index (χ0n) is 17.7. The molecule has 6 nitrogen and oxygen atoms in total. The van der Waals surface area contributed by atoms with Gasteiger partial charge in [-0.05, 0) is 42.4 Å². The summed E-state index contributed by atoms with van der Waals surface area (Å²) in [6, 6.07) is 6.40. The zero-order valence-corrected chi connectivity index (χ0v) is 17.7. The van der Waals surface area contributed by atoms with Crippen molar-refractivity contribution in [1.82, 2.24) is 9.88 Å². The van der Waals surface area contributed by atoms with E-state index in [1.807, 2.05) is 12.1 Å². The van der Waals surface area contributed by atoms with Crippen LogP contribution in [0.5, 0.6) is 5.75 Å². The lowest BCUT2D eigenvalue weighted by atomic mass is 9.74. The summed E-state index contributed by atoms with van der Waals surface area (Å²) in [6.45, 7) is 4.19. The highest BCUT2D eigenvalue weighted by Gasteiger charge is 2.42. The Labute approximate surface area is 171 Å². The number of aromatic amines is 1. The SMILES string of the molecule is CC[C@@H]1CN2CCc3c([nH]c4cccc(OC)c34)C2C[C@@H]1/C(=C/OC)C(=O)OC. The minimum Gasteiger partial charge on any atom is -0.504 e. The van der Waals surface area contributed by atoms with E-state index >= 15 is 0 Å². The second-order valence-electron chi connectivity index (χ2n) is 7.97. The van der Waals surface area contributed by atoms with Gasteiger partial charge in [0.05, 0.1) is 39.2 Å². The Morgan fingerprint density at radius 2 is 2.14 bits per heavy atom. The summed E-state index contributed by atoms with van der Waals surface area (Å²) >= 11 is 0. The largest absolute Gasteiger partial charge is 0.504 e. The number of hydrogen-bond acceptors (Lipinski definition) is 5. The van der Waals surface area contributed by atoms with Gasteiger partial charge in [0.2, 0.25) is 0 Å². The summed E-state index contributed by atoms with van der Waals surface area (Å²) < 4.78 is 16.0. The fourth-order valence-electron chi connectivity index (χ4n) is 5.28. The van der Waals surface area contributed by atoms with Crippen molar-refractivity contribution in [2.24, 2.45) is 11.8 Å². The Balaban J connectivity index is 1.76. The van der Waals surface area contributed by atoms with Gasteiger partial charge in [-0.1, -0.05) is 19.4 Å². The average Bonchev–Trinajstić information content (AvgIpc) is 3.15. The van der Waals surface area contributed by atoms with Gasteiger partial charge in [0, 0.05) is 29.7 Å². The smallest absolute Gasteiger partial charge is 0.337 e. The van der Waals surface area contributed by atoms with Crippen molar-refractivity contribution in [2.75, 3.05) is 34.4 Å². The van der Waals surface area contributed by atoms with E-state index in [-0.39, 0.29) is 17.9 Å². The molecule has 0 amide bonds. The fourth-order valence-corrected chi connectivity index (χ4v) is 5.28. The van der Waals surface area contributed by atoms with Crippen LogP contribution in [-0.4, -0.2) is 50.3 Å². The highest BCUT2D eigenvalue weighted by Crippen LogP contribution is 2.47. The van der Waals surface area contributed by atoms with E-state index in [1.54, 1.807) is 20.5 Å². The van der Waals surface area contributed by atoms with Crippen LogP contribution in [0.15, 0.2) is 30.0 Å². The van der Waals surface area contributed by atoms with E-state index in [4.69, 9.17) is 14.2 Å². The highest BCUT2D eigenvalue weighted by atomic mass is 16.5. The molecular weight excluding hydrogens is 368 g/mol. The first-order valence-corrected chi connectivity index (χ1v) is 10.4.